The lowest BCUT2D eigenvalue weighted by molar-refractivity contribution is 0.0989. The van der Waals surface area contributed by atoms with Crippen LogP contribution < -0.4 is 9.64 Å². The number of rotatable bonds is 10. The zero-order chi connectivity index (χ0) is 39.3. The highest BCUT2D eigenvalue weighted by Crippen LogP contribution is 2.43. The summed E-state index contributed by atoms with van der Waals surface area (Å²) in [7, 11) is -3.66. The molecule has 6 aromatic rings. The van der Waals surface area contributed by atoms with Crippen molar-refractivity contribution in [2.24, 2.45) is 0 Å². The maximum absolute atomic E-state index is 14.6. The van der Waals surface area contributed by atoms with Gasteiger partial charge in [0.25, 0.3) is 23.3 Å². The van der Waals surface area contributed by atoms with Gasteiger partial charge in [-0.15, -0.1) is 0 Å². The van der Waals surface area contributed by atoms with E-state index in [9.17, 15) is 18.0 Å². The van der Waals surface area contributed by atoms with Crippen LogP contribution in [0.4, 0.5) is 5.69 Å². The number of nitrogens with zero attached hydrogens (tertiary/aromatic N) is 6. The smallest absolute Gasteiger partial charge is 0.281 e. The second kappa shape index (κ2) is 15.0. The molecule has 0 unspecified atom stereocenters. The largest absolute Gasteiger partial charge is 0.491 e. The highest BCUT2D eigenvalue weighted by Gasteiger charge is 2.31. The van der Waals surface area contributed by atoms with Crippen LogP contribution in [0.1, 0.15) is 51.4 Å². The Kier molecular flexibility index (Phi) is 9.76. The first-order valence-corrected chi connectivity index (χ1v) is 21.0. The number of carbonyl (C=O) groups excluding carboxylic acids is 2. The van der Waals surface area contributed by atoms with Gasteiger partial charge >= 0.3 is 0 Å². The zero-order valence-corrected chi connectivity index (χ0v) is 32.9. The molecule has 1 amide bonds. The second-order valence-electron chi connectivity index (χ2n) is 15.3. The number of hydrogen-bond donors (Lipinski definition) is 0. The molecule has 2 aliphatic heterocycles. The SMILES string of the molecule is Cc1ccc(S(=O)(=O)n2c(-c3ccc(CN4CCN(BC=O)CC4)cc3)cc3c(-c4cccc(N5CCOc6cc(C7CC7)ccc6C5=O)c4C)ncnc32)cc1. The van der Waals surface area contributed by atoms with Gasteiger partial charge in [0.2, 0.25) is 0 Å². The summed E-state index contributed by atoms with van der Waals surface area (Å²) in [4.78, 5) is 40.9. The Morgan fingerprint density at radius 3 is 2.37 bits per heavy atom. The Morgan fingerprint density at radius 2 is 1.63 bits per heavy atom. The molecule has 13 heteroatoms. The average molecular weight is 779 g/mol. The van der Waals surface area contributed by atoms with E-state index in [0.29, 0.717) is 54.6 Å². The number of anilines is 1. The van der Waals surface area contributed by atoms with Gasteiger partial charge in [-0.3, -0.25) is 9.69 Å². The van der Waals surface area contributed by atoms with E-state index in [1.807, 2.05) is 80.6 Å². The molecule has 11 nitrogen and oxygen atoms in total. The van der Waals surface area contributed by atoms with Crippen molar-refractivity contribution >= 4 is 46.3 Å². The first-order chi connectivity index (χ1) is 27.7. The van der Waals surface area contributed by atoms with Crippen LogP contribution in [0, 0.1) is 13.8 Å². The Labute approximate surface area is 333 Å². The van der Waals surface area contributed by atoms with Crippen molar-refractivity contribution in [2.75, 3.05) is 44.2 Å². The first kappa shape index (κ1) is 37.0. The Hall–Kier alpha value is -5.63. The van der Waals surface area contributed by atoms with Crippen molar-refractivity contribution in [3.63, 3.8) is 0 Å². The predicted molar refractivity (Wildman–Crippen MR) is 223 cm³/mol. The van der Waals surface area contributed by atoms with Crippen LogP contribution in [0.3, 0.4) is 0 Å². The molecule has 0 radical (unpaired) electrons. The Morgan fingerprint density at radius 1 is 0.860 bits per heavy atom. The van der Waals surface area contributed by atoms with Crippen molar-refractivity contribution in [1.82, 2.24) is 23.7 Å². The molecular weight excluding hydrogens is 735 g/mol. The van der Waals surface area contributed by atoms with Crippen LogP contribution in [-0.4, -0.2) is 90.9 Å². The van der Waals surface area contributed by atoms with Gasteiger partial charge in [-0.25, -0.2) is 22.4 Å². The molecule has 4 heterocycles. The Balaban J connectivity index is 1.11. The van der Waals surface area contributed by atoms with Gasteiger partial charge in [0, 0.05) is 49.4 Å². The number of ether oxygens (including phenoxy) is 1. The van der Waals surface area contributed by atoms with E-state index in [2.05, 4.69) is 14.7 Å². The van der Waals surface area contributed by atoms with E-state index in [4.69, 9.17) is 9.72 Å². The van der Waals surface area contributed by atoms with Crippen LogP contribution in [-0.2, 0) is 21.4 Å². The summed E-state index contributed by atoms with van der Waals surface area (Å²) >= 11 is 0. The standard InChI is InChI=1S/C44H43BN6O5S/c1-29-6-15-35(16-7-29)57(54,55)51-40(33-10-8-31(9-11-33)26-48-18-20-49(21-19-48)45-27-52)25-38-42(46-28-47-43(38)51)36-4-3-5-39(30(36)2)50-22-23-56-41-24-34(32-12-13-32)14-17-37(41)44(50)53/h3-11,14-17,24-25,27-28,32,45H,12-13,18-23,26H2,1-2H3. The van der Waals surface area contributed by atoms with Crippen LogP contribution in [0.5, 0.6) is 5.75 Å². The molecule has 9 rings (SSSR count). The highest BCUT2D eigenvalue weighted by atomic mass is 32.2. The fourth-order valence-electron chi connectivity index (χ4n) is 8.14. The minimum atomic E-state index is -4.12. The third-order valence-electron chi connectivity index (χ3n) is 11.5. The van der Waals surface area contributed by atoms with Crippen LogP contribution >= 0.6 is 0 Å². The maximum atomic E-state index is 14.6. The molecule has 1 aliphatic carbocycles. The number of fused-ring (bicyclic) bond motifs is 2. The third-order valence-corrected chi connectivity index (χ3v) is 13.2. The summed E-state index contributed by atoms with van der Waals surface area (Å²) in [6, 6.07) is 28.5. The fraction of sp³-hybridized carbons (Fsp3) is 0.273. The van der Waals surface area contributed by atoms with E-state index >= 15 is 0 Å². The molecule has 1 saturated carbocycles. The lowest BCUT2D eigenvalue weighted by atomic mass is 9.93. The van der Waals surface area contributed by atoms with Crippen LogP contribution in [0.25, 0.3) is 33.5 Å². The summed E-state index contributed by atoms with van der Waals surface area (Å²) in [6.45, 7) is 8.80. The predicted octanol–water partition coefficient (Wildman–Crippen LogP) is 6.20. The van der Waals surface area contributed by atoms with Crippen molar-refractivity contribution in [2.45, 2.75) is 44.0 Å². The summed E-state index contributed by atoms with van der Waals surface area (Å²) in [5.74, 6) is 1.05. The number of hydrogen-bond acceptors (Lipinski definition) is 9. The molecule has 57 heavy (non-hydrogen) atoms. The summed E-state index contributed by atoms with van der Waals surface area (Å²) in [6.07, 6.45) is 4.70. The second-order valence-corrected chi connectivity index (χ2v) is 17.1. The molecule has 0 N–H and O–H groups in total. The number of aromatic nitrogens is 3. The van der Waals surface area contributed by atoms with E-state index in [1.165, 1.54) is 28.7 Å². The molecule has 0 bridgehead atoms. The molecule has 3 aliphatic rings. The van der Waals surface area contributed by atoms with Crippen molar-refractivity contribution in [1.29, 1.82) is 0 Å². The van der Waals surface area contributed by atoms with E-state index in [0.717, 1.165) is 72.4 Å². The van der Waals surface area contributed by atoms with Crippen molar-refractivity contribution in [3.05, 3.63) is 125 Å². The lowest BCUT2D eigenvalue weighted by Crippen LogP contribution is -2.47. The van der Waals surface area contributed by atoms with Gasteiger partial charge in [-0.05, 0) is 91.3 Å². The number of piperazine rings is 1. The highest BCUT2D eigenvalue weighted by molar-refractivity contribution is 7.90. The summed E-state index contributed by atoms with van der Waals surface area (Å²) in [5, 5.41) is 0.573. The molecular formula is C44H43BN6O5S. The Bertz CT molecular complexity index is 2620. The van der Waals surface area contributed by atoms with Crippen LogP contribution in [0.15, 0.2) is 102 Å². The fourth-order valence-corrected chi connectivity index (χ4v) is 9.62. The monoisotopic (exact) mass is 778 g/mol. The molecule has 4 aromatic carbocycles. The molecule has 1 saturated heterocycles. The maximum Gasteiger partial charge on any atom is 0.281 e. The van der Waals surface area contributed by atoms with Gasteiger partial charge in [0.15, 0.2) is 5.65 Å². The molecule has 288 valence electrons. The quantitative estimate of drug-likeness (QED) is 0.119. The van der Waals surface area contributed by atoms with E-state index in [-0.39, 0.29) is 16.4 Å². The van der Waals surface area contributed by atoms with Gasteiger partial charge in [-0.1, -0.05) is 60.2 Å². The van der Waals surface area contributed by atoms with Crippen molar-refractivity contribution < 1.29 is 22.7 Å². The van der Waals surface area contributed by atoms with Gasteiger partial charge < -0.3 is 19.2 Å². The van der Waals surface area contributed by atoms with E-state index < -0.39 is 10.0 Å². The normalized spacial score (nSPS) is 16.6. The number of carbonyl (C=O) groups is 2. The number of benzene rings is 4. The topological polar surface area (TPSA) is 118 Å². The molecule has 0 atom stereocenters. The molecule has 2 fully saturated rings. The minimum Gasteiger partial charge on any atom is -0.491 e. The zero-order valence-electron chi connectivity index (χ0n) is 32.1. The molecule has 0 spiro atoms. The third kappa shape index (κ3) is 7.04. The van der Waals surface area contributed by atoms with Crippen molar-refractivity contribution in [3.8, 4) is 28.3 Å². The van der Waals surface area contributed by atoms with Crippen LogP contribution in [0.2, 0.25) is 0 Å². The number of amides is 1. The first-order valence-electron chi connectivity index (χ1n) is 19.5. The average Bonchev–Trinajstić information content (AvgIpc) is 4.02. The summed E-state index contributed by atoms with van der Waals surface area (Å²) in [5.41, 5.74) is 8.17. The van der Waals surface area contributed by atoms with Gasteiger partial charge in [0.05, 0.1) is 34.6 Å². The lowest BCUT2D eigenvalue weighted by Gasteiger charge is -2.33. The minimum absolute atomic E-state index is 0.126. The molecule has 2 aromatic heterocycles. The number of aryl methyl sites for hydroxylation is 1. The van der Waals surface area contributed by atoms with Gasteiger partial charge in [0.1, 0.15) is 18.7 Å². The van der Waals surface area contributed by atoms with Gasteiger partial charge in [-0.2, -0.15) is 0 Å². The summed E-state index contributed by atoms with van der Waals surface area (Å²) < 4.78 is 36.7. The van der Waals surface area contributed by atoms with E-state index in [1.54, 1.807) is 29.2 Å².